The molecule has 0 saturated carbocycles. The van der Waals surface area contributed by atoms with E-state index in [4.69, 9.17) is 4.74 Å². The fraction of sp³-hybridized carbons (Fsp3) is 0.333. The van der Waals surface area contributed by atoms with Crippen LogP contribution in [0.25, 0.3) is 0 Å². The van der Waals surface area contributed by atoms with Crippen molar-refractivity contribution in [2.24, 2.45) is 0 Å². The van der Waals surface area contributed by atoms with Crippen LogP contribution in [0.2, 0.25) is 0 Å². The first kappa shape index (κ1) is 14.6. The Morgan fingerprint density at radius 1 is 1.00 bits per heavy atom. The third-order valence-electron chi connectivity index (χ3n) is 3.44. The Labute approximate surface area is 121 Å². The SMILES string of the molecule is Cc1ccccc1[C@@H](C)NCCCOc1ccccc1. The molecular weight excluding hydrogens is 246 g/mol. The fourth-order valence-electron chi connectivity index (χ4n) is 2.28. The van der Waals surface area contributed by atoms with Crippen LogP contribution in [-0.2, 0) is 0 Å². The summed E-state index contributed by atoms with van der Waals surface area (Å²) < 4.78 is 5.68. The maximum absolute atomic E-state index is 5.68. The van der Waals surface area contributed by atoms with E-state index in [2.05, 4.69) is 43.4 Å². The van der Waals surface area contributed by atoms with Gasteiger partial charge >= 0.3 is 0 Å². The maximum atomic E-state index is 5.68. The van der Waals surface area contributed by atoms with Crippen molar-refractivity contribution >= 4 is 0 Å². The summed E-state index contributed by atoms with van der Waals surface area (Å²) in [5.74, 6) is 0.944. The van der Waals surface area contributed by atoms with Crippen LogP contribution in [0.15, 0.2) is 54.6 Å². The third kappa shape index (κ3) is 4.39. The number of para-hydroxylation sites is 1. The second-order valence-corrected chi connectivity index (χ2v) is 5.05. The summed E-state index contributed by atoms with van der Waals surface area (Å²) in [6, 6.07) is 18.9. The van der Waals surface area contributed by atoms with Gasteiger partial charge < -0.3 is 10.1 Å². The van der Waals surface area contributed by atoms with Crippen molar-refractivity contribution in [3.63, 3.8) is 0 Å². The molecule has 0 aliphatic heterocycles. The second-order valence-electron chi connectivity index (χ2n) is 5.05. The van der Waals surface area contributed by atoms with Gasteiger partial charge in [-0.05, 0) is 50.1 Å². The van der Waals surface area contributed by atoms with Gasteiger partial charge in [0.2, 0.25) is 0 Å². The minimum Gasteiger partial charge on any atom is -0.494 e. The van der Waals surface area contributed by atoms with Crippen LogP contribution in [0.3, 0.4) is 0 Å². The van der Waals surface area contributed by atoms with Crippen LogP contribution >= 0.6 is 0 Å². The molecule has 2 rings (SSSR count). The summed E-state index contributed by atoms with van der Waals surface area (Å²) in [5.41, 5.74) is 2.71. The molecule has 0 saturated heterocycles. The third-order valence-corrected chi connectivity index (χ3v) is 3.44. The summed E-state index contributed by atoms with van der Waals surface area (Å²) in [6.07, 6.45) is 1.01. The molecule has 0 bridgehead atoms. The van der Waals surface area contributed by atoms with Crippen molar-refractivity contribution in [1.29, 1.82) is 0 Å². The zero-order valence-corrected chi connectivity index (χ0v) is 12.3. The summed E-state index contributed by atoms with van der Waals surface area (Å²) in [5, 5.41) is 3.55. The molecule has 0 radical (unpaired) electrons. The molecule has 20 heavy (non-hydrogen) atoms. The van der Waals surface area contributed by atoms with Crippen LogP contribution in [0.1, 0.15) is 30.5 Å². The van der Waals surface area contributed by atoms with Gasteiger partial charge in [-0.3, -0.25) is 0 Å². The lowest BCUT2D eigenvalue weighted by Crippen LogP contribution is -2.22. The first-order valence-corrected chi connectivity index (χ1v) is 7.24. The van der Waals surface area contributed by atoms with Crippen LogP contribution < -0.4 is 10.1 Å². The molecule has 0 heterocycles. The van der Waals surface area contributed by atoms with E-state index in [0.29, 0.717) is 6.04 Å². The lowest BCUT2D eigenvalue weighted by Gasteiger charge is -2.16. The molecule has 2 aromatic rings. The number of benzene rings is 2. The summed E-state index contributed by atoms with van der Waals surface area (Å²) in [7, 11) is 0. The molecule has 0 aromatic heterocycles. The van der Waals surface area contributed by atoms with E-state index in [0.717, 1.165) is 25.3 Å². The second kappa shape index (κ2) is 7.71. The van der Waals surface area contributed by atoms with E-state index in [1.165, 1.54) is 11.1 Å². The Morgan fingerprint density at radius 3 is 2.45 bits per heavy atom. The minimum atomic E-state index is 0.382. The fourth-order valence-corrected chi connectivity index (χ4v) is 2.28. The smallest absolute Gasteiger partial charge is 0.119 e. The van der Waals surface area contributed by atoms with E-state index in [9.17, 15) is 0 Å². The van der Waals surface area contributed by atoms with Crippen molar-refractivity contribution in [2.45, 2.75) is 26.3 Å². The number of aryl methyl sites for hydroxylation is 1. The predicted octanol–water partition coefficient (Wildman–Crippen LogP) is 4.11. The normalized spacial score (nSPS) is 12.1. The predicted molar refractivity (Wildman–Crippen MR) is 84.2 cm³/mol. The Morgan fingerprint density at radius 2 is 1.70 bits per heavy atom. The highest BCUT2D eigenvalue weighted by Crippen LogP contribution is 2.16. The number of hydrogen-bond acceptors (Lipinski definition) is 2. The minimum absolute atomic E-state index is 0.382. The monoisotopic (exact) mass is 269 g/mol. The molecule has 2 aromatic carbocycles. The van der Waals surface area contributed by atoms with E-state index in [1.54, 1.807) is 0 Å². The molecule has 1 N–H and O–H groups in total. The first-order chi connectivity index (χ1) is 9.77. The van der Waals surface area contributed by atoms with E-state index in [1.807, 2.05) is 30.3 Å². The lowest BCUT2D eigenvalue weighted by molar-refractivity contribution is 0.305. The van der Waals surface area contributed by atoms with Gasteiger partial charge in [0, 0.05) is 6.04 Å². The molecule has 0 unspecified atom stereocenters. The van der Waals surface area contributed by atoms with Crippen molar-refractivity contribution in [3.8, 4) is 5.75 Å². The van der Waals surface area contributed by atoms with Gasteiger partial charge in [0.05, 0.1) is 6.61 Å². The van der Waals surface area contributed by atoms with Crippen LogP contribution in [0.4, 0.5) is 0 Å². The standard InChI is InChI=1S/C18H23NO/c1-15-9-6-7-12-18(15)16(2)19-13-8-14-20-17-10-4-3-5-11-17/h3-7,9-12,16,19H,8,13-14H2,1-2H3/t16-/m1/s1. The molecule has 106 valence electrons. The number of nitrogens with one attached hydrogen (secondary N) is 1. The Hall–Kier alpha value is -1.80. The van der Waals surface area contributed by atoms with Gasteiger partial charge in [-0.15, -0.1) is 0 Å². The van der Waals surface area contributed by atoms with E-state index < -0.39 is 0 Å². The van der Waals surface area contributed by atoms with Gasteiger partial charge in [0.1, 0.15) is 5.75 Å². The Bertz CT molecular complexity index is 510. The largest absolute Gasteiger partial charge is 0.494 e. The molecule has 0 aliphatic rings. The molecule has 2 heteroatoms. The van der Waals surface area contributed by atoms with Crippen LogP contribution in [0.5, 0.6) is 5.75 Å². The first-order valence-electron chi connectivity index (χ1n) is 7.24. The van der Waals surface area contributed by atoms with Crippen molar-refractivity contribution in [3.05, 3.63) is 65.7 Å². The summed E-state index contributed by atoms with van der Waals surface area (Å²) in [4.78, 5) is 0. The molecule has 0 aliphatic carbocycles. The van der Waals surface area contributed by atoms with Crippen molar-refractivity contribution in [1.82, 2.24) is 5.32 Å². The van der Waals surface area contributed by atoms with Gasteiger partial charge in [0.25, 0.3) is 0 Å². The molecule has 1 atom stereocenters. The lowest BCUT2D eigenvalue weighted by atomic mass is 10.0. The number of hydrogen-bond donors (Lipinski definition) is 1. The van der Waals surface area contributed by atoms with Gasteiger partial charge in [-0.1, -0.05) is 42.5 Å². The Balaban J connectivity index is 1.67. The topological polar surface area (TPSA) is 21.3 Å². The zero-order chi connectivity index (χ0) is 14.2. The average Bonchev–Trinajstić information content (AvgIpc) is 2.48. The van der Waals surface area contributed by atoms with Crippen molar-refractivity contribution < 1.29 is 4.74 Å². The summed E-state index contributed by atoms with van der Waals surface area (Å²) >= 11 is 0. The van der Waals surface area contributed by atoms with Gasteiger partial charge in [0.15, 0.2) is 0 Å². The van der Waals surface area contributed by atoms with Crippen molar-refractivity contribution in [2.75, 3.05) is 13.2 Å². The highest BCUT2D eigenvalue weighted by atomic mass is 16.5. The quantitative estimate of drug-likeness (QED) is 0.764. The van der Waals surface area contributed by atoms with Crippen LogP contribution in [-0.4, -0.2) is 13.2 Å². The maximum Gasteiger partial charge on any atom is 0.119 e. The molecule has 0 amide bonds. The summed E-state index contributed by atoms with van der Waals surface area (Å²) in [6.45, 7) is 6.08. The zero-order valence-electron chi connectivity index (χ0n) is 12.3. The van der Waals surface area contributed by atoms with E-state index in [-0.39, 0.29) is 0 Å². The van der Waals surface area contributed by atoms with Gasteiger partial charge in [-0.25, -0.2) is 0 Å². The molecule has 0 fully saturated rings. The average molecular weight is 269 g/mol. The molecule has 0 spiro atoms. The highest BCUT2D eigenvalue weighted by Gasteiger charge is 2.06. The number of ether oxygens (including phenoxy) is 1. The van der Waals surface area contributed by atoms with E-state index >= 15 is 0 Å². The molecule has 2 nitrogen and oxygen atoms in total. The molecular formula is C18H23NO. The Kier molecular flexibility index (Phi) is 5.63. The number of rotatable bonds is 7. The highest BCUT2D eigenvalue weighted by molar-refractivity contribution is 5.28. The van der Waals surface area contributed by atoms with Gasteiger partial charge in [-0.2, -0.15) is 0 Å². The van der Waals surface area contributed by atoms with Crippen LogP contribution in [0, 0.1) is 6.92 Å².